The Bertz CT molecular complexity index is 616. The van der Waals surface area contributed by atoms with Gasteiger partial charge in [0.2, 0.25) is 5.91 Å². The summed E-state index contributed by atoms with van der Waals surface area (Å²) < 4.78 is 5.61. The van der Waals surface area contributed by atoms with Crippen LogP contribution in [0.5, 0.6) is 0 Å². The van der Waals surface area contributed by atoms with Crippen molar-refractivity contribution >= 4 is 5.91 Å². The second kappa shape index (κ2) is 10.6. The van der Waals surface area contributed by atoms with Crippen LogP contribution in [0, 0.1) is 0 Å². The van der Waals surface area contributed by atoms with Gasteiger partial charge in [-0.2, -0.15) is 0 Å². The third-order valence-electron chi connectivity index (χ3n) is 4.20. The second-order valence-corrected chi connectivity index (χ2v) is 6.07. The molecule has 4 heteroatoms. The molecule has 134 valence electrons. The standard InChI is InChI=1S/C21H28N2O2/c1-2-23(15-13-18-9-5-3-6-10-18)21(24)20(22)17-25-16-14-19-11-7-4-8-12-19/h3-12,20H,2,13-17,22H2,1H3. The van der Waals surface area contributed by atoms with E-state index in [2.05, 4.69) is 24.3 Å². The first-order chi connectivity index (χ1) is 12.2. The molecule has 2 aromatic rings. The zero-order chi connectivity index (χ0) is 17.9. The number of nitrogens with zero attached hydrogens (tertiary/aromatic N) is 1. The molecule has 0 heterocycles. The normalized spacial score (nSPS) is 11.9. The minimum atomic E-state index is -0.605. The topological polar surface area (TPSA) is 55.6 Å². The lowest BCUT2D eigenvalue weighted by Crippen LogP contribution is -2.47. The maximum atomic E-state index is 12.5. The molecular formula is C21H28N2O2. The van der Waals surface area contributed by atoms with Crippen molar-refractivity contribution in [3.63, 3.8) is 0 Å². The molecule has 25 heavy (non-hydrogen) atoms. The van der Waals surface area contributed by atoms with Gasteiger partial charge in [0.05, 0.1) is 13.2 Å². The van der Waals surface area contributed by atoms with Crippen molar-refractivity contribution in [2.24, 2.45) is 5.73 Å². The van der Waals surface area contributed by atoms with Crippen molar-refractivity contribution in [1.82, 2.24) is 4.90 Å². The molecule has 2 rings (SSSR count). The Balaban J connectivity index is 1.71. The van der Waals surface area contributed by atoms with E-state index in [0.29, 0.717) is 19.7 Å². The van der Waals surface area contributed by atoms with Crippen LogP contribution in [-0.2, 0) is 22.4 Å². The smallest absolute Gasteiger partial charge is 0.241 e. The fraction of sp³-hybridized carbons (Fsp3) is 0.381. The molecule has 0 aliphatic heterocycles. The number of carbonyl (C=O) groups excluding carboxylic acids is 1. The number of ether oxygens (including phenoxy) is 1. The Morgan fingerprint density at radius 1 is 1.00 bits per heavy atom. The summed E-state index contributed by atoms with van der Waals surface area (Å²) in [6.45, 7) is 4.14. The van der Waals surface area contributed by atoms with Crippen LogP contribution in [0.25, 0.3) is 0 Å². The highest BCUT2D eigenvalue weighted by atomic mass is 16.5. The van der Waals surface area contributed by atoms with Crippen molar-refractivity contribution in [3.05, 3.63) is 71.8 Å². The number of nitrogens with two attached hydrogens (primary N) is 1. The molecule has 4 nitrogen and oxygen atoms in total. The van der Waals surface area contributed by atoms with E-state index in [-0.39, 0.29) is 12.5 Å². The van der Waals surface area contributed by atoms with Gasteiger partial charge in [0.1, 0.15) is 6.04 Å². The first kappa shape index (κ1) is 19.2. The molecule has 2 aromatic carbocycles. The molecule has 0 saturated heterocycles. The number of carbonyl (C=O) groups is 1. The fourth-order valence-electron chi connectivity index (χ4n) is 2.68. The van der Waals surface area contributed by atoms with Gasteiger partial charge < -0.3 is 15.4 Å². The van der Waals surface area contributed by atoms with Gasteiger partial charge in [-0.15, -0.1) is 0 Å². The fourth-order valence-corrected chi connectivity index (χ4v) is 2.68. The van der Waals surface area contributed by atoms with Gasteiger partial charge in [-0.25, -0.2) is 0 Å². The lowest BCUT2D eigenvalue weighted by atomic mass is 10.1. The number of amides is 1. The van der Waals surface area contributed by atoms with Gasteiger partial charge in [-0.3, -0.25) is 4.79 Å². The van der Waals surface area contributed by atoms with Crippen LogP contribution < -0.4 is 5.73 Å². The van der Waals surface area contributed by atoms with Crippen LogP contribution in [0.15, 0.2) is 60.7 Å². The van der Waals surface area contributed by atoms with E-state index in [1.165, 1.54) is 11.1 Å². The summed E-state index contributed by atoms with van der Waals surface area (Å²) in [5, 5.41) is 0. The third kappa shape index (κ3) is 6.69. The maximum absolute atomic E-state index is 12.5. The number of hydrogen-bond donors (Lipinski definition) is 1. The predicted molar refractivity (Wildman–Crippen MR) is 101 cm³/mol. The molecule has 0 spiro atoms. The van der Waals surface area contributed by atoms with Crippen LogP contribution in [0.3, 0.4) is 0 Å². The van der Waals surface area contributed by atoms with Crippen LogP contribution in [-0.4, -0.2) is 43.2 Å². The van der Waals surface area contributed by atoms with Gasteiger partial charge in [-0.1, -0.05) is 60.7 Å². The lowest BCUT2D eigenvalue weighted by Gasteiger charge is -2.24. The number of benzene rings is 2. The summed E-state index contributed by atoms with van der Waals surface area (Å²) in [7, 11) is 0. The zero-order valence-corrected chi connectivity index (χ0v) is 14.9. The molecule has 0 fully saturated rings. The van der Waals surface area contributed by atoms with Gasteiger partial charge in [0.15, 0.2) is 0 Å². The molecule has 0 aromatic heterocycles. The minimum absolute atomic E-state index is 0.0434. The summed E-state index contributed by atoms with van der Waals surface area (Å²) in [4.78, 5) is 14.3. The number of hydrogen-bond acceptors (Lipinski definition) is 3. The SMILES string of the molecule is CCN(CCc1ccccc1)C(=O)C(N)COCCc1ccccc1. The first-order valence-electron chi connectivity index (χ1n) is 8.90. The third-order valence-corrected chi connectivity index (χ3v) is 4.20. The monoisotopic (exact) mass is 340 g/mol. The van der Waals surface area contributed by atoms with Crippen LogP contribution in [0.1, 0.15) is 18.1 Å². The van der Waals surface area contributed by atoms with Crippen LogP contribution in [0.2, 0.25) is 0 Å². The zero-order valence-electron chi connectivity index (χ0n) is 14.9. The van der Waals surface area contributed by atoms with Crippen molar-refractivity contribution in [3.8, 4) is 0 Å². The Labute approximate surface area is 150 Å². The molecule has 0 saturated carbocycles. The summed E-state index contributed by atoms with van der Waals surface area (Å²) in [5.41, 5.74) is 8.47. The van der Waals surface area contributed by atoms with Gasteiger partial charge in [0, 0.05) is 13.1 Å². The molecule has 0 aliphatic carbocycles. The highest BCUT2D eigenvalue weighted by molar-refractivity contribution is 5.81. The van der Waals surface area contributed by atoms with Crippen molar-refractivity contribution in [2.75, 3.05) is 26.3 Å². The molecule has 0 radical (unpaired) electrons. The van der Waals surface area contributed by atoms with Gasteiger partial charge in [0.25, 0.3) is 0 Å². The Hall–Kier alpha value is -2.17. The van der Waals surface area contributed by atoms with E-state index < -0.39 is 6.04 Å². The molecule has 1 atom stereocenters. The van der Waals surface area contributed by atoms with E-state index in [0.717, 1.165) is 12.8 Å². The Morgan fingerprint density at radius 3 is 2.12 bits per heavy atom. The molecule has 0 aliphatic rings. The van der Waals surface area contributed by atoms with E-state index in [4.69, 9.17) is 10.5 Å². The summed E-state index contributed by atoms with van der Waals surface area (Å²) >= 11 is 0. The molecule has 2 N–H and O–H groups in total. The molecule has 1 amide bonds. The van der Waals surface area contributed by atoms with Crippen LogP contribution in [0.4, 0.5) is 0 Å². The van der Waals surface area contributed by atoms with E-state index in [1.807, 2.05) is 43.3 Å². The maximum Gasteiger partial charge on any atom is 0.241 e. The average molecular weight is 340 g/mol. The van der Waals surface area contributed by atoms with Gasteiger partial charge in [-0.05, 0) is 30.9 Å². The van der Waals surface area contributed by atoms with Crippen molar-refractivity contribution in [1.29, 1.82) is 0 Å². The number of likely N-dealkylation sites (N-methyl/N-ethyl adjacent to an activating group) is 1. The second-order valence-electron chi connectivity index (χ2n) is 6.07. The van der Waals surface area contributed by atoms with E-state index >= 15 is 0 Å². The summed E-state index contributed by atoms with van der Waals surface area (Å²) in [6, 6.07) is 19.7. The Morgan fingerprint density at radius 2 is 1.56 bits per heavy atom. The number of rotatable bonds is 10. The highest BCUT2D eigenvalue weighted by Gasteiger charge is 2.19. The predicted octanol–water partition coefficient (Wildman–Crippen LogP) is 2.66. The summed E-state index contributed by atoms with van der Waals surface area (Å²) in [5.74, 6) is -0.0434. The first-order valence-corrected chi connectivity index (χ1v) is 8.90. The highest BCUT2D eigenvalue weighted by Crippen LogP contribution is 2.04. The van der Waals surface area contributed by atoms with E-state index in [9.17, 15) is 4.79 Å². The van der Waals surface area contributed by atoms with Crippen LogP contribution >= 0.6 is 0 Å². The lowest BCUT2D eigenvalue weighted by molar-refractivity contribution is -0.133. The minimum Gasteiger partial charge on any atom is -0.379 e. The van der Waals surface area contributed by atoms with Crippen molar-refractivity contribution in [2.45, 2.75) is 25.8 Å². The summed E-state index contributed by atoms with van der Waals surface area (Å²) in [6.07, 6.45) is 1.66. The van der Waals surface area contributed by atoms with Gasteiger partial charge >= 0.3 is 0 Å². The molecule has 1 unspecified atom stereocenters. The molecule has 0 bridgehead atoms. The quantitative estimate of drug-likeness (QED) is 0.677. The van der Waals surface area contributed by atoms with E-state index in [1.54, 1.807) is 4.90 Å². The average Bonchev–Trinajstić information content (AvgIpc) is 2.67. The Kier molecular flexibility index (Phi) is 8.16. The largest absolute Gasteiger partial charge is 0.379 e. The molecular weight excluding hydrogens is 312 g/mol. The van der Waals surface area contributed by atoms with Crippen molar-refractivity contribution < 1.29 is 9.53 Å².